The zero-order valence-corrected chi connectivity index (χ0v) is 13.4. The lowest BCUT2D eigenvalue weighted by atomic mass is 10.1. The molecule has 5 nitrogen and oxygen atoms in total. The van der Waals surface area contributed by atoms with E-state index in [1.807, 2.05) is 25.1 Å². The first-order valence-electron chi connectivity index (χ1n) is 6.17. The monoisotopic (exact) mass is 363 g/mol. The highest BCUT2D eigenvalue weighted by molar-refractivity contribution is 9.10. The summed E-state index contributed by atoms with van der Waals surface area (Å²) in [7, 11) is 0. The van der Waals surface area contributed by atoms with Gasteiger partial charge in [0.15, 0.2) is 5.82 Å². The third kappa shape index (κ3) is 2.52. The smallest absolute Gasteiger partial charge is 0.188 e. The van der Waals surface area contributed by atoms with E-state index in [0.717, 1.165) is 15.7 Å². The van der Waals surface area contributed by atoms with Gasteiger partial charge in [0.1, 0.15) is 0 Å². The van der Waals surface area contributed by atoms with Crippen molar-refractivity contribution in [1.82, 2.24) is 20.2 Å². The van der Waals surface area contributed by atoms with Crippen molar-refractivity contribution in [1.29, 1.82) is 0 Å². The Morgan fingerprint density at radius 3 is 2.86 bits per heavy atom. The number of halogens is 2. The van der Waals surface area contributed by atoms with Crippen LogP contribution in [-0.4, -0.2) is 20.2 Å². The molecule has 0 atom stereocenters. The zero-order chi connectivity index (χ0) is 15.0. The van der Waals surface area contributed by atoms with Crippen LogP contribution in [0.5, 0.6) is 0 Å². The van der Waals surface area contributed by atoms with Crippen LogP contribution in [0.1, 0.15) is 5.56 Å². The summed E-state index contributed by atoms with van der Waals surface area (Å²) in [4.78, 5) is 0. The quantitative estimate of drug-likeness (QED) is 0.705. The van der Waals surface area contributed by atoms with Gasteiger partial charge in [0.2, 0.25) is 0 Å². The summed E-state index contributed by atoms with van der Waals surface area (Å²) in [5.74, 6) is 0.550. The van der Waals surface area contributed by atoms with Crippen molar-refractivity contribution in [2.75, 3.05) is 5.73 Å². The maximum atomic E-state index is 6.24. The third-order valence-corrected chi connectivity index (χ3v) is 4.36. The molecule has 0 saturated carbocycles. The van der Waals surface area contributed by atoms with Gasteiger partial charge < -0.3 is 5.73 Å². The van der Waals surface area contributed by atoms with E-state index < -0.39 is 0 Å². The van der Waals surface area contributed by atoms with Gasteiger partial charge in [0.05, 0.1) is 10.7 Å². The van der Waals surface area contributed by atoms with E-state index in [1.54, 1.807) is 22.9 Å². The van der Waals surface area contributed by atoms with Crippen molar-refractivity contribution in [3.63, 3.8) is 0 Å². The summed E-state index contributed by atoms with van der Waals surface area (Å²) < 4.78 is 2.64. The van der Waals surface area contributed by atoms with Crippen LogP contribution in [0.4, 0.5) is 5.69 Å². The molecule has 0 radical (unpaired) electrons. The molecule has 3 rings (SSSR count). The topological polar surface area (TPSA) is 69.6 Å². The number of nitrogens with zero attached hydrogens (tertiary/aromatic N) is 4. The normalized spacial score (nSPS) is 10.8. The molecule has 0 fully saturated rings. The number of hydrogen-bond donors (Lipinski definition) is 1. The number of benzene rings is 2. The molecule has 0 saturated heterocycles. The second-order valence-electron chi connectivity index (χ2n) is 4.54. The Hall–Kier alpha value is -1.92. The van der Waals surface area contributed by atoms with Gasteiger partial charge >= 0.3 is 0 Å². The summed E-state index contributed by atoms with van der Waals surface area (Å²) in [6, 6.07) is 11.1. The Labute approximate surface area is 134 Å². The Kier molecular flexibility index (Phi) is 3.65. The molecular formula is C14H11BrClN5. The van der Waals surface area contributed by atoms with Crippen molar-refractivity contribution in [3.05, 3.63) is 51.5 Å². The van der Waals surface area contributed by atoms with Crippen molar-refractivity contribution in [2.24, 2.45) is 0 Å². The lowest BCUT2D eigenvalue weighted by molar-refractivity contribution is 0.787. The van der Waals surface area contributed by atoms with Crippen molar-refractivity contribution >= 4 is 33.2 Å². The molecule has 0 aliphatic carbocycles. The Morgan fingerprint density at radius 2 is 2.05 bits per heavy atom. The van der Waals surface area contributed by atoms with Crippen LogP contribution >= 0.6 is 27.5 Å². The number of tetrazole rings is 1. The molecule has 0 aliphatic heterocycles. The maximum Gasteiger partial charge on any atom is 0.188 e. The number of nitrogens with two attached hydrogens (primary N) is 1. The van der Waals surface area contributed by atoms with Gasteiger partial charge in [-0.1, -0.05) is 33.6 Å². The molecule has 21 heavy (non-hydrogen) atoms. The minimum Gasteiger partial charge on any atom is -0.399 e. The number of rotatable bonds is 2. The molecule has 1 aromatic heterocycles. The number of anilines is 1. The fraction of sp³-hybridized carbons (Fsp3) is 0.0714. The molecule has 0 bridgehead atoms. The molecule has 2 aromatic carbocycles. The van der Waals surface area contributed by atoms with Gasteiger partial charge in [-0.15, -0.1) is 5.10 Å². The van der Waals surface area contributed by atoms with Crippen molar-refractivity contribution in [3.8, 4) is 17.1 Å². The molecule has 0 aliphatic rings. The van der Waals surface area contributed by atoms with Gasteiger partial charge in [0.25, 0.3) is 0 Å². The van der Waals surface area contributed by atoms with Crippen LogP contribution in [-0.2, 0) is 0 Å². The number of nitrogen functional groups attached to an aromatic ring is 1. The van der Waals surface area contributed by atoms with Gasteiger partial charge in [-0.3, -0.25) is 0 Å². The standard InChI is InChI=1S/C14H11BrClN5/c1-8-11(15)3-2-4-13(8)21-14(18-19-20-21)10-7-9(17)5-6-12(10)16/h2-7H,17H2,1H3. The summed E-state index contributed by atoms with van der Waals surface area (Å²) >= 11 is 9.75. The highest BCUT2D eigenvalue weighted by atomic mass is 79.9. The summed E-state index contributed by atoms with van der Waals surface area (Å²) in [6.45, 7) is 1.99. The predicted octanol–water partition coefficient (Wildman–Crippen LogP) is 3.64. The Balaban J connectivity index is 2.22. The average molecular weight is 365 g/mol. The first-order valence-corrected chi connectivity index (χ1v) is 7.34. The average Bonchev–Trinajstić information content (AvgIpc) is 2.93. The fourth-order valence-electron chi connectivity index (χ4n) is 2.06. The van der Waals surface area contributed by atoms with Crippen LogP contribution < -0.4 is 5.73 Å². The van der Waals surface area contributed by atoms with E-state index in [1.165, 1.54) is 0 Å². The van der Waals surface area contributed by atoms with Crippen molar-refractivity contribution in [2.45, 2.75) is 6.92 Å². The first kappa shape index (κ1) is 14.0. The van der Waals surface area contributed by atoms with Crippen LogP contribution in [0.15, 0.2) is 40.9 Å². The van der Waals surface area contributed by atoms with Crippen LogP contribution in [0.3, 0.4) is 0 Å². The van der Waals surface area contributed by atoms with Gasteiger partial charge in [0, 0.05) is 15.7 Å². The number of hydrogen-bond acceptors (Lipinski definition) is 4. The Morgan fingerprint density at radius 1 is 1.24 bits per heavy atom. The lowest BCUT2D eigenvalue weighted by Gasteiger charge is -2.10. The molecule has 0 amide bonds. The predicted molar refractivity (Wildman–Crippen MR) is 86.4 cm³/mol. The lowest BCUT2D eigenvalue weighted by Crippen LogP contribution is -2.03. The first-order chi connectivity index (χ1) is 10.1. The van der Waals surface area contributed by atoms with E-state index in [2.05, 4.69) is 31.5 Å². The van der Waals surface area contributed by atoms with Gasteiger partial charge in [-0.2, -0.15) is 4.68 Å². The van der Waals surface area contributed by atoms with E-state index in [0.29, 0.717) is 22.1 Å². The molecule has 3 aromatic rings. The van der Waals surface area contributed by atoms with Gasteiger partial charge in [-0.05, 0) is 53.2 Å². The highest BCUT2D eigenvalue weighted by Crippen LogP contribution is 2.31. The highest BCUT2D eigenvalue weighted by Gasteiger charge is 2.16. The summed E-state index contributed by atoms with van der Waals surface area (Å²) in [5.41, 5.74) is 9.05. The molecule has 0 spiro atoms. The van der Waals surface area contributed by atoms with Crippen LogP contribution in [0.2, 0.25) is 5.02 Å². The molecule has 106 valence electrons. The van der Waals surface area contributed by atoms with Crippen molar-refractivity contribution < 1.29 is 0 Å². The molecule has 2 N–H and O–H groups in total. The van der Waals surface area contributed by atoms with E-state index in [9.17, 15) is 0 Å². The largest absolute Gasteiger partial charge is 0.399 e. The third-order valence-electron chi connectivity index (χ3n) is 3.17. The SMILES string of the molecule is Cc1c(Br)cccc1-n1nnnc1-c1cc(N)ccc1Cl. The molecule has 0 unspecified atom stereocenters. The van der Waals surface area contributed by atoms with Gasteiger partial charge in [-0.25, -0.2) is 0 Å². The number of aromatic nitrogens is 4. The summed E-state index contributed by atoms with van der Waals surface area (Å²) in [5, 5.41) is 12.5. The van der Waals surface area contributed by atoms with E-state index >= 15 is 0 Å². The Bertz CT molecular complexity index is 798. The van der Waals surface area contributed by atoms with E-state index in [-0.39, 0.29) is 0 Å². The molecule has 7 heteroatoms. The minimum absolute atomic E-state index is 0.549. The maximum absolute atomic E-state index is 6.24. The van der Waals surface area contributed by atoms with E-state index in [4.69, 9.17) is 17.3 Å². The molecule has 1 heterocycles. The van der Waals surface area contributed by atoms with Crippen LogP contribution in [0, 0.1) is 6.92 Å². The zero-order valence-electron chi connectivity index (χ0n) is 11.1. The fourth-order valence-corrected chi connectivity index (χ4v) is 2.61. The minimum atomic E-state index is 0.549. The second kappa shape index (κ2) is 5.46. The van der Waals surface area contributed by atoms with Crippen LogP contribution in [0.25, 0.3) is 17.1 Å². The molecular weight excluding hydrogens is 354 g/mol. The summed E-state index contributed by atoms with van der Waals surface area (Å²) in [6.07, 6.45) is 0. The second-order valence-corrected chi connectivity index (χ2v) is 5.80.